The molecule has 5 aromatic rings. The Kier molecular flexibility index (Phi) is 7.72. The van der Waals surface area contributed by atoms with Crippen molar-refractivity contribution in [2.75, 3.05) is 0 Å². The van der Waals surface area contributed by atoms with Crippen LogP contribution < -0.4 is 9.60 Å². The fourth-order valence-electron chi connectivity index (χ4n) is 3.97. The molecular weight excluding hydrogens is 518 g/mol. The van der Waals surface area contributed by atoms with E-state index in [1.807, 2.05) is 47.2 Å². The van der Waals surface area contributed by atoms with Crippen LogP contribution >= 0.6 is 22.7 Å². The van der Waals surface area contributed by atoms with Gasteiger partial charge >= 0.3 is 0 Å². The first-order chi connectivity index (χ1) is 18.6. The second kappa shape index (κ2) is 11.5. The van der Waals surface area contributed by atoms with E-state index < -0.39 is 0 Å². The van der Waals surface area contributed by atoms with E-state index in [9.17, 15) is 8.78 Å². The summed E-state index contributed by atoms with van der Waals surface area (Å²) in [5, 5.41) is 4.04. The molecule has 0 unspecified atom stereocenters. The van der Waals surface area contributed by atoms with Crippen molar-refractivity contribution >= 4 is 34.0 Å². The van der Waals surface area contributed by atoms with Gasteiger partial charge in [0.2, 0.25) is 0 Å². The second-order valence-electron chi connectivity index (χ2n) is 8.36. The number of aromatic nitrogens is 2. The van der Waals surface area contributed by atoms with Crippen LogP contribution in [0.5, 0.6) is 0 Å². The molecule has 0 aliphatic rings. The topological polar surface area (TPSA) is 34.6 Å². The van der Waals surface area contributed by atoms with Gasteiger partial charge in [0.1, 0.15) is 11.6 Å². The summed E-state index contributed by atoms with van der Waals surface area (Å²) in [5.41, 5.74) is 5.36. The Bertz CT molecular complexity index is 1570. The predicted molar refractivity (Wildman–Crippen MR) is 153 cm³/mol. The number of rotatable bonds is 8. The molecule has 38 heavy (non-hydrogen) atoms. The first-order valence-corrected chi connectivity index (χ1v) is 13.6. The highest BCUT2D eigenvalue weighted by molar-refractivity contribution is 7.07. The summed E-state index contributed by atoms with van der Waals surface area (Å²) in [6.45, 7) is 8.92. The highest BCUT2D eigenvalue weighted by Gasteiger charge is 2.09. The zero-order valence-electron chi connectivity index (χ0n) is 20.4. The first kappa shape index (κ1) is 25.5. The summed E-state index contributed by atoms with van der Waals surface area (Å²) in [6, 6.07) is 20.6. The Morgan fingerprint density at radius 2 is 0.974 bits per heavy atom. The summed E-state index contributed by atoms with van der Waals surface area (Å²) >= 11 is 3.05. The maximum absolute atomic E-state index is 13.4. The van der Waals surface area contributed by atoms with E-state index in [0.717, 1.165) is 43.5 Å². The van der Waals surface area contributed by atoms with Gasteiger partial charge in [0.15, 0.2) is 9.60 Å². The summed E-state index contributed by atoms with van der Waals surface area (Å²) in [6.07, 6.45) is 3.64. The van der Waals surface area contributed by atoms with Gasteiger partial charge in [0, 0.05) is 23.8 Å². The molecule has 0 aliphatic heterocycles. The summed E-state index contributed by atoms with van der Waals surface area (Å²) in [5.74, 6) is -0.530. The SMILES string of the molecule is C=CCn1c(-c2ccc(F)cc2)csc1=Nc1ccc(N=c2scc(-c3ccc(F)cc3)n2CC=C)cc1. The standard InChI is InChI=1S/C30H24F2N4S2/c1-3-17-35-27(21-5-9-23(31)10-6-21)19-37-29(35)33-25-13-15-26(16-14-25)34-30-36(18-4-2)28(20-38-30)22-7-11-24(32)12-8-22/h3-16,19-20H,1-2,17-18H2. The van der Waals surface area contributed by atoms with Crippen molar-refractivity contribution in [3.8, 4) is 22.5 Å². The molecule has 5 rings (SSSR count). The van der Waals surface area contributed by atoms with Gasteiger partial charge in [-0.15, -0.1) is 35.8 Å². The number of allylic oxidation sites excluding steroid dienone is 2. The van der Waals surface area contributed by atoms with Crippen LogP contribution in [0.2, 0.25) is 0 Å². The molecule has 0 N–H and O–H groups in total. The van der Waals surface area contributed by atoms with Crippen molar-refractivity contribution in [2.45, 2.75) is 13.1 Å². The van der Waals surface area contributed by atoms with Crippen LogP contribution in [0.15, 0.2) is 119 Å². The molecule has 190 valence electrons. The Morgan fingerprint density at radius 1 is 0.605 bits per heavy atom. The quantitative estimate of drug-likeness (QED) is 0.179. The first-order valence-electron chi connectivity index (χ1n) is 11.9. The molecule has 0 amide bonds. The third kappa shape index (κ3) is 5.56. The maximum Gasteiger partial charge on any atom is 0.190 e. The lowest BCUT2D eigenvalue weighted by Gasteiger charge is -2.07. The third-order valence-electron chi connectivity index (χ3n) is 5.80. The fraction of sp³-hybridized carbons (Fsp3) is 0.0667. The molecule has 0 bridgehead atoms. The Labute approximate surface area is 227 Å². The lowest BCUT2D eigenvalue weighted by atomic mass is 10.2. The van der Waals surface area contributed by atoms with Gasteiger partial charge in [-0.3, -0.25) is 0 Å². The number of nitrogens with zero attached hydrogens (tertiary/aromatic N) is 4. The second-order valence-corrected chi connectivity index (χ2v) is 10.0. The van der Waals surface area contributed by atoms with Gasteiger partial charge < -0.3 is 9.13 Å². The molecule has 2 aromatic heterocycles. The Morgan fingerprint density at radius 3 is 1.32 bits per heavy atom. The predicted octanol–water partition coefficient (Wildman–Crippen LogP) is 7.86. The molecule has 0 radical (unpaired) electrons. The third-order valence-corrected chi connectivity index (χ3v) is 7.53. The molecule has 0 atom stereocenters. The lowest BCUT2D eigenvalue weighted by Crippen LogP contribution is -2.15. The van der Waals surface area contributed by atoms with Crippen molar-refractivity contribution in [3.63, 3.8) is 0 Å². The number of benzene rings is 3. The number of hydrogen-bond acceptors (Lipinski definition) is 4. The molecular formula is C30H24F2N4S2. The van der Waals surface area contributed by atoms with E-state index in [-0.39, 0.29) is 11.6 Å². The van der Waals surface area contributed by atoms with E-state index in [1.54, 1.807) is 24.3 Å². The van der Waals surface area contributed by atoms with Crippen LogP contribution in [0.25, 0.3) is 22.5 Å². The molecule has 0 fully saturated rings. The van der Waals surface area contributed by atoms with Gasteiger partial charge in [-0.1, -0.05) is 12.2 Å². The summed E-state index contributed by atoms with van der Waals surface area (Å²) in [7, 11) is 0. The van der Waals surface area contributed by atoms with Crippen molar-refractivity contribution in [1.29, 1.82) is 0 Å². The minimum atomic E-state index is -0.265. The zero-order valence-corrected chi connectivity index (χ0v) is 22.1. The number of thiazole rings is 2. The van der Waals surface area contributed by atoms with Crippen LogP contribution in [0.4, 0.5) is 20.2 Å². The van der Waals surface area contributed by atoms with Crippen molar-refractivity contribution < 1.29 is 8.78 Å². The van der Waals surface area contributed by atoms with Crippen molar-refractivity contribution in [3.05, 3.63) is 130 Å². The molecule has 0 saturated carbocycles. The minimum absolute atomic E-state index is 0.265. The average Bonchev–Trinajstić information content (AvgIpc) is 3.51. The van der Waals surface area contributed by atoms with Gasteiger partial charge in [-0.25, -0.2) is 18.8 Å². The monoisotopic (exact) mass is 542 g/mol. The van der Waals surface area contributed by atoms with Crippen LogP contribution in [-0.4, -0.2) is 9.13 Å². The van der Waals surface area contributed by atoms with Crippen LogP contribution in [-0.2, 0) is 13.1 Å². The Balaban J connectivity index is 1.47. The zero-order chi connectivity index (χ0) is 26.5. The van der Waals surface area contributed by atoms with Crippen LogP contribution in [0.3, 0.4) is 0 Å². The highest BCUT2D eigenvalue weighted by Crippen LogP contribution is 2.24. The van der Waals surface area contributed by atoms with Crippen LogP contribution in [0.1, 0.15) is 0 Å². The normalized spacial score (nSPS) is 12.2. The molecule has 3 aromatic carbocycles. The largest absolute Gasteiger partial charge is 0.313 e. The van der Waals surface area contributed by atoms with E-state index in [2.05, 4.69) is 22.3 Å². The van der Waals surface area contributed by atoms with Gasteiger partial charge in [0.05, 0.1) is 22.8 Å². The van der Waals surface area contributed by atoms with Gasteiger partial charge in [0.25, 0.3) is 0 Å². The van der Waals surface area contributed by atoms with E-state index in [1.165, 1.54) is 46.9 Å². The molecule has 0 aliphatic carbocycles. The number of hydrogen-bond donors (Lipinski definition) is 0. The van der Waals surface area contributed by atoms with Crippen molar-refractivity contribution in [2.24, 2.45) is 9.98 Å². The maximum atomic E-state index is 13.4. The minimum Gasteiger partial charge on any atom is -0.313 e. The molecule has 0 spiro atoms. The van der Waals surface area contributed by atoms with E-state index >= 15 is 0 Å². The molecule has 2 heterocycles. The fourth-order valence-corrected chi connectivity index (χ4v) is 5.85. The smallest absolute Gasteiger partial charge is 0.190 e. The number of halogens is 2. The van der Waals surface area contributed by atoms with Crippen LogP contribution in [0, 0.1) is 11.6 Å². The molecule has 8 heteroatoms. The average molecular weight is 543 g/mol. The van der Waals surface area contributed by atoms with Crippen molar-refractivity contribution in [1.82, 2.24) is 9.13 Å². The van der Waals surface area contributed by atoms with E-state index in [4.69, 9.17) is 9.98 Å². The molecule has 0 saturated heterocycles. The highest BCUT2D eigenvalue weighted by atomic mass is 32.1. The Hall–Kier alpha value is -4.14. The summed E-state index contributed by atoms with van der Waals surface area (Å²) < 4.78 is 30.9. The van der Waals surface area contributed by atoms with Gasteiger partial charge in [-0.2, -0.15) is 0 Å². The van der Waals surface area contributed by atoms with Gasteiger partial charge in [-0.05, 0) is 83.9 Å². The molecule has 4 nitrogen and oxygen atoms in total. The summed E-state index contributed by atoms with van der Waals surface area (Å²) in [4.78, 5) is 11.3. The van der Waals surface area contributed by atoms with E-state index in [0.29, 0.717) is 13.1 Å². The lowest BCUT2D eigenvalue weighted by molar-refractivity contribution is 0.627.